The van der Waals surface area contributed by atoms with Crippen molar-refractivity contribution >= 4 is 36.9 Å². The molecule has 136 valence electrons. The SMILES string of the molecule is CC(CCC(C)(C(=O)O)c1cccc(I)c1)O[Si](C)(C)C(C)(C)C. The van der Waals surface area contributed by atoms with Crippen molar-refractivity contribution < 1.29 is 14.3 Å². The van der Waals surface area contributed by atoms with Crippen molar-refractivity contribution in [1.29, 1.82) is 0 Å². The van der Waals surface area contributed by atoms with Gasteiger partial charge in [0.1, 0.15) is 0 Å². The van der Waals surface area contributed by atoms with Crippen molar-refractivity contribution in [2.24, 2.45) is 0 Å². The molecule has 0 saturated carbocycles. The summed E-state index contributed by atoms with van der Waals surface area (Å²) in [6, 6.07) is 7.78. The van der Waals surface area contributed by atoms with Crippen molar-refractivity contribution in [3.05, 3.63) is 33.4 Å². The summed E-state index contributed by atoms with van der Waals surface area (Å²) < 4.78 is 7.44. The second kappa shape index (κ2) is 7.87. The van der Waals surface area contributed by atoms with E-state index in [1.807, 2.05) is 31.2 Å². The molecule has 1 rings (SSSR count). The third kappa shape index (κ3) is 5.30. The highest BCUT2D eigenvalue weighted by Crippen LogP contribution is 2.38. The number of carboxylic acid groups (broad SMARTS) is 1. The van der Waals surface area contributed by atoms with Crippen molar-refractivity contribution in [3.8, 4) is 0 Å². The summed E-state index contributed by atoms with van der Waals surface area (Å²) in [6.07, 6.45) is 1.37. The second-order valence-electron chi connectivity index (χ2n) is 8.38. The van der Waals surface area contributed by atoms with E-state index in [9.17, 15) is 9.90 Å². The molecule has 2 unspecified atom stereocenters. The van der Waals surface area contributed by atoms with E-state index < -0.39 is 19.7 Å². The molecule has 0 aromatic heterocycles. The number of aliphatic carboxylic acids is 1. The second-order valence-corrected chi connectivity index (χ2v) is 14.4. The predicted molar refractivity (Wildman–Crippen MR) is 111 cm³/mol. The molecule has 0 aliphatic rings. The zero-order valence-corrected chi connectivity index (χ0v) is 19.1. The van der Waals surface area contributed by atoms with Gasteiger partial charge in [0, 0.05) is 9.67 Å². The number of carbonyl (C=O) groups is 1. The Morgan fingerprint density at radius 3 is 2.33 bits per heavy atom. The molecule has 5 heteroatoms. The molecule has 1 aromatic carbocycles. The number of hydrogen-bond donors (Lipinski definition) is 1. The van der Waals surface area contributed by atoms with Gasteiger partial charge < -0.3 is 9.53 Å². The quantitative estimate of drug-likeness (QED) is 0.410. The predicted octanol–water partition coefficient (Wildman–Crippen LogP) is 5.82. The smallest absolute Gasteiger partial charge is 0.313 e. The fourth-order valence-electron chi connectivity index (χ4n) is 2.44. The zero-order chi connectivity index (χ0) is 18.8. The van der Waals surface area contributed by atoms with Crippen LogP contribution in [0.4, 0.5) is 0 Å². The molecular formula is C19H31IO3Si. The molecule has 0 radical (unpaired) electrons. The Bertz CT molecular complexity index is 580. The van der Waals surface area contributed by atoms with Crippen molar-refractivity contribution in [1.82, 2.24) is 0 Å². The lowest BCUT2D eigenvalue weighted by Crippen LogP contribution is -2.43. The van der Waals surface area contributed by atoms with Crippen LogP contribution in [0.25, 0.3) is 0 Å². The first-order chi connectivity index (χ1) is 10.8. The lowest BCUT2D eigenvalue weighted by molar-refractivity contribution is -0.143. The third-order valence-corrected chi connectivity index (χ3v) is 10.6. The molecular weight excluding hydrogens is 431 g/mol. The van der Waals surface area contributed by atoms with Crippen LogP contribution in [0.15, 0.2) is 24.3 Å². The highest BCUT2D eigenvalue weighted by molar-refractivity contribution is 14.1. The topological polar surface area (TPSA) is 46.5 Å². The van der Waals surface area contributed by atoms with Gasteiger partial charge >= 0.3 is 5.97 Å². The van der Waals surface area contributed by atoms with Gasteiger partial charge in [-0.2, -0.15) is 0 Å². The fraction of sp³-hybridized carbons (Fsp3) is 0.632. The van der Waals surface area contributed by atoms with E-state index in [2.05, 4.69) is 63.4 Å². The maximum absolute atomic E-state index is 12.0. The molecule has 1 aromatic rings. The number of carboxylic acids is 1. The largest absolute Gasteiger partial charge is 0.481 e. The summed E-state index contributed by atoms with van der Waals surface area (Å²) >= 11 is 2.23. The van der Waals surface area contributed by atoms with Crippen LogP contribution in [0.1, 0.15) is 53.0 Å². The summed E-state index contributed by atoms with van der Waals surface area (Å²) in [5.74, 6) is -0.774. The lowest BCUT2D eigenvalue weighted by atomic mass is 9.78. The van der Waals surface area contributed by atoms with Gasteiger partial charge in [0.15, 0.2) is 8.32 Å². The monoisotopic (exact) mass is 462 g/mol. The maximum Gasteiger partial charge on any atom is 0.313 e. The first-order valence-corrected chi connectivity index (χ1v) is 12.5. The van der Waals surface area contributed by atoms with Gasteiger partial charge in [-0.05, 0) is 85.1 Å². The summed E-state index contributed by atoms with van der Waals surface area (Å²) in [5, 5.41) is 9.98. The molecule has 0 bridgehead atoms. The van der Waals surface area contributed by atoms with Crippen LogP contribution in [0, 0.1) is 3.57 Å². The highest BCUT2D eigenvalue weighted by Gasteiger charge is 2.40. The normalized spacial score (nSPS) is 16.5. The average Bonchev–Trinajstić information content (AvgIpc) is 2.42. The molecule has 2 atom stereocenters. The van der Waals surface area contributed by atoms with Crippen LogP contribution in [0.5, 0.6) is 0 Å². The van der Waals surface area contributed by atoms with Crippen LogP contribution in [0.2, 0.25) is 18.1 Å². The maximum atomic E-state index is 12.0. The van der Waals surface area contributed by atoms with Gasteiger partial charge in [-0.1, -0.05) is 32.9 Å². The zero-order valence-electron chi connectivity index (χ0n) is 15.9. The van der Waals surface area contributed by atoms with Crippen molar-refractivity contribution in [2.45, 2.75) is 77.1 Å². The number of benzene rings is 1. The van der Waals surface area contributed by atoms with E-state index in [-0.39, 0.29) is 11.1 Å². The van der Waals surface area contributed by atoms with Gasteiger partial charge in [-0.25, -0.2) is 0 Å². The molecule has 0 amide bonds. The third-order valence-electron chi connectivity index (χ3n) is 5.29. The minimum Gasteiger partial charge on any atom is -0.481 e. The molecule has 3 nitrogen and oxygen atoms in total. The van der Waals surface area contributed by atoms with Gasteiger partial charge in [0.05, 0.1) is 5.41 Å². The van der Waals surface area contributed by atoms with Crippen LogP contribution in [-0.4, -0.2) is 25.5 Å². The summed E-state index contributed by atoms with van der Waals surface area (Å²) in [5.41, 5.74) is -0.0203. The van der Waals surface area contributed by atoms with E-state index in [1.165, 1.54) is 0 Å². The minimum absolute atomic E-state index is 0.0624. The molecule has 0 fully saturated rings. The van der Waals surface area contributed by atoms with Crippen molar-refractivity contribution in [2.75, 3.05) is 0 Å². The molecule has 24 heavy (non-hydrogen) atoms. The van der Waals surface area contributed by atoms with Gasteiger partial charge in [-0.15, -0.1) is 0 Å². The fourth-order valence-corrected chi connectivity index (χ4v) is 4.46. The average molecular weight is 462 g/mol. The Hall–Kier alpha value is -0.403. The Kier molecular flexibility index (Phi) is 7.10. The van der Waals surface area contributed by atoms with Gasteiger partial charge in [-0.3, -0.25) is 4.79 Å². The van der Waals surface area contributed by atoms with E-state index in [1.54, 1.807) is 0 Å². The Morgan fingerprint density at radius 1 is 1.29 bits per heavy atom. The number of hydrogen-bond acceptors (Lipinski definition) is 2. The van der Waals surface area contributed by atoms with Crippen molar-refractivity contribution in [3.63, 3.8) is 0 Å². The van der Waals surface area contributed by atoms with Crippen LogP contribution < -0.4 is 0 Å². The number of rotatable bonds is 7. The Labute approximate surface area is 161 Å². The number of halogens is 1. The summed E-state index contributed by atoms with van der Waals surface area (Å²) in [6.45, 7) is 15.0. The Balaban J connectivity index is 2.86. The molecule has 1 N–H and O–H groups in total. The van der Waals surface area contributed by atoms with Gasteiger partial charge in [0.2, 0.25) is 0 Å². The minimum atomic E-state index is -1.83. The van der Waals surface area contributed by atoms with Crippen LogP contribution in [-0.2, 0) is 14.6 Å². The standard InChI is InChI=1S/C19H31IO3Si/c1-14(23-24(6,7)18(2,3)4)11-12-19(5,17(21)22)15-9-8-10-16(20)13-15/h8-10,13-14H,11-12H2,1-7H3,(H,21,22). The van der Waals surface area contributed by atoms with E-state index in [0.717, 1.165) is 15.6 Å². The van der Waals surface area contributed by atoms with Crippen LogP contribution in [0.3, 0.4) is 0 Å². The van der Waals surface area contributed by atoms with Crippen LogP contribution >= 0.6 is 22.6 Å². The molecule has 0 saturated heterocycles. The molecule has 0 aliphatic heterocycles. The summed E-state index contributed by atoms with van der Waals surface area (Å²) in [4.78, 5) is 12.0. The Morgan fingerprint density at radius 2 is 1.88 bits per heavy atom. The lowest BCUT2D eigenvalue weighted by Gasteiger charge is -2.39. The first-order valence-electron chi connectivity index (χ1n) is 8.47. The molecule has 0 aliphatic carbocycles. The highest BCUT2D eigenvalue weighted by atomic mass is 127. The summed E-state index contributed by atoms with van der Waals surface area (Å²) in [7, 11) is -1.83. The van der Waals surface area contributed by atoms with E-state index in [0.29, 0.717) is 6.42 Å². The van der Waals surface area contributed by atoms with Gasteiger partial charge in [0.25, 0.3) is 0 Å². The molecule has 0 spiro atoms. The first kappa shape index (κ1) is 21.6. The van der Waals surface area contributed by atoms with E-state index >= 15 is 0 Å². The van der Waals surface area contributed by atoms with E-state index in [4.69, 9.17) is 4.43 Å². The molecule has 0 heterocycles.